The van der Waals surface area contributed by atoms with Crippen LogP contribution in [-0.4, -0.2) is 35.5 Å². The van der Waals surface area contributed by atoms with Crippen molar-refractivity contribution >= 4 is 5.91 Å². The largest absolute Gasteiger partial charge is 0.339 e. The van der Waals surface area contributed by atoms with E-state index < -0.39 is 0 Å². The number of carbonyl (C=O) groups excluding carboxylic acids is 1. The summed E-state index contributed by atoms with van der Waals surface area (Å²) in [7, 11) is 0. The van der Waals surface area contributed by atoms with Gasteiger partial charge in [-0.25, -0.2) is 0 Å². The van der Waals surface area contributed by atoms with Crippen molar-refractivity contribution in [1.29, 1.82) is 0 Å². The van der Waals surface area contributed by atoms with Gasteiger partial charge in [-0.15, -0.1) is 0 Å². The SMILES string of the molecule is CC(C)CCC(C)N1CCC(NC2CC2)C1=O. The third-order valence-corrected chi connectivity index (χ3v) is 3.95. The van der Waals surface area contributed by atoms with E-state index in [4.69, 9.17) is 0 Å². The van der Waals surface area contributed by atoms with E-state index in [1.807, 2.05) is 0 Å². The summed E-state index contributed by atoms with van der Waals surface area (Å²) in [5.41, 5.74) is 0. The van der Waals surface area contributed by atoms with E-state index in [2.05, 4.69) is 31.0 Å². The molecule has 1 aliphatic carbocycles. The zero-order valence-electron chi connectivity index (χ0n) is 11.4. The summed E-state index contributed by atoms with van der Waals surface area (Å²) in [4.78, 5) is 14.3. The van der Waals surface area contributed by atoms with Gasteiger partial charge in [-0.1, -0.05) is 13.8 Å². The van der Waals surface area contributed by atoms with Gasteiger partial charge in [0.15, 0.2) is 0 Å². The van der Waals surface area contributed by atoms with E-state index in [0.717, 1.165) is 25.3 Å². The average molecular weight is 238 g/mol. The molecule has 3 heteroatoms. The Balaban J connectivity index is 1.78. The second kappa shape index (κ2) is 5.38. The fourth-order valence-corrected chi connectivity index (χ4v) is 2.56. The van der Waals surface area contributed by atoms with E-state index in [0.29, 0.717) is 18.0 Å². The van der Waals surface area contributed by atoms with Gasteiger partial charge in [-0.3, -0.25) is 4.79 Å². The topological polar surface area (TPSA) is 32.3 Å². The molecule has 0 aromatic rings. The first-order valence-corrected chi connectivity index (χ1v) is 7.14. The summed E-state index contributed by atoms with van der Waals surface area (Å²) in [6.07, 6.45) is 5.87. The quantitative estimate of drug-likeness (QED) is 0.769. The predicted octanol–water partition coefficient (Wildman–Crippen LogP) is 2.16. The summed E-state index contributed by atoms with van der Waals surface area (Å²) >= 11 is 0. The summed E-state index contributed by atoms with van der Waals surface area (Å²) in [6, 6.07) is 1.16. The molecular weight excluding hydrogens is 212 g/mol. The lowest BCUT2D eigenvalue weighted by Crippen LogP contribution is -2.42. The summed E-state index contributed by atoms with van der Waals surface area (Å²) in [5, 5.41) is 3.46. The van der Waals surface area contributed by atoms with E-state index in [1.54, 1.807) is 0 Å². The Kier molecular flexibility index (Phi) is 4.08. The molecule has 0 radical (unpaired) electrons. The van der Waals surface area contributed by atoms with Crippen molar-refractivity contribution in [3.63, 3.8) is 0 Å². The first kappa shape index (κ1) is 12.9. The lowest BCUT2D eigenvalue weighted by Gasteiger charge is -2.25. The van der Waals surface area contributed by atoms with Crippen LogP contribution in [-0.2, 0) is 4.79 Å². The first-order chi connectivity index (χ1) is 8.08. The number of amides is 1. The Morgan fingerprint density at radius 3 is 2.53 bits per heavy atom. The van der Waals surface area contributed by atoms with Crippen molar-refractivity contribution in [2.45, 2.75) is 71.0 Å². The van der Waals surface area contributed by atoms with Crippen LogP contribution in [0.1, 0.15) is 52.9 Å². The van der Waals surface area contributed by atoms with Gasteiger partial charge in [0.25, 0.3) is 0 Å². The Bertz CT molecular complexity index is 273. The van der Waals surface area contributed by atoms with Crippen LogP contribution in [0.15, 0.2) is 0 Å². The molecule has 1 amide bonds. The fourth-order valence-electron chi connectivity index (χ4n) is 2.56. The van der Waals surface area contributed by atoms with Crippen molar-refractivity contribution in [2.24, 2.45) is 5.92 Å². The predicted molar refractivity (Wildman–Crippen MR) is 69.8 cm³/mol. The molecule has 2 aliphatic rings. The van der Waals surface area contributed by atoms with Gasteiger partial charge >= 0.3 is 0 Å². The molecule has 1 saturated heterocycles. The highest BCUT2D eigenvalue weighted by molar-refractivity contribution is 5.84. The molecule has 1 saturated carbocycles. The van der Waals surface area contributed by atoms with Gasteiger partial charge in [0.05, 0.1) is 6.04 Å². The molecule has 1 N–H and O–H groups in total. The normalized spacial score (nSPS) is 26.9. The van der Waals surface area contributed by atoms with Crippen LogP contribution in [0.3, 0.4) is 0 Å². The smallest absolute Gasteiger partial charge is 0.240 e. The lowest BCUT2D eigenvalue weighted by atomic mass is 10.0. The average Bonchev–Trinajstić information content (AvgIpc) is 3.01. The second-order valence-electron chi connectivity index (χ2n) is 6.13. The Morgan fingerprint density at radius 2 is 1.94 bits per heavy atom. The third kappa shape index (κ3) is 3.44. The zero-order valence-corrected chi connectivity index (χ0v) is 11.4. The molecule has 0 aromatic carbocycles. The Labute approximate surface area is 105 Å². The third-order valence-electron chi connectivity index (χ3n) is 3.95. The zero-order chi connectivity index (χ0) is 12.4. The molecule has 0 aromatic heterocycles. The van der Waals surface area contributed by atoms with E-state index in [9.17, 15) is 4.79 Å². The van der Waals surface area contributed by atoms with Crippen molar-refractivity contribution in [3.05, 3.63) is 0 Å². The molecule has 1 heterocycles. The number of nitrogens with one attached hydrogen (secondary N) is 1. The van der Waals surface area contributed by atoms with Gasteiger partial charge in [0, 0.05) is 18.6 Å². The van der Waals surface area contributed by atoms with Crippen LogP contribution >= 0.6 is 0 Å². The summed E-state index contributed by atoms with van der Waals surface area (Å²) < 4.78 is 0. The second-order valence-corrected chi connectivity index (χ2v) is 6.13. The van der Waals surface area contributed by atoms with Crippen molar-refractivity contribution in [1.82, 2.24) is 10.2 Å². The molecule has 1 aliphatic heterocycles. The molecule has 0 spiro atoms. The molecule has 3 nitrogen and oxygen atoms in total. The molecule has 2 fully saturated rings. The minimum absolute atomic E-state index is 0.115. The maximum Gasteiger partial charge on any atom is 0.240 e. The van der Waals surface area contributed by atoms with Gasteiger partial charge < -0.3 is 10.2 Å². The Morgan fingerprint density at radius 1 is 1.24 bits per heavy atom. The molecule has 17 heavy (non-hydrogen) atoms. The van der Waals surface area contributed by atoms with Gasteiger partial charge in [-0.05, 0) is 44.9 Å². The fraction of sp³-hybridized carbons (Fsp3) is 0.929. The van der Waals surface area contributed by atoms with E-state index in [-0.39, 0.29) is 6.04 Å². The Hall–Kier alpha value is -0.570. The van der Waals surface area contributed by atoms with Crippen molar-refractivity contribution in [2.75, 3.05) is 6.54 Å². The van der Waals surface area contributed by atoms with Crippen LogP contribution < -0.4 is 5.32 Å². The van der Waals surface area contributed by atoms with E-state index in [1.165, 1.54) is 19.3 Å². The number of likely N-dealkylation sites (tertiary alicyclic amines) is 1. The highest BCUT2D eigenvalue weighted by Crippen LogP contribution is 2.24. The minimum atomic E-state index is 0.115. The number of hydrogen-bond donors (Lipinski definition) is 1. The highest BCUT2D eigenvalue weighted by atomic mass is 16.2. The monoisotopic (exact) mass is 238 g/mol. The minimum Gasteiger partial charge on any atom is -0.339 e. The standard InChI is InChI=1S/C14H26N2O/c1-10(2)4-5-11(3)16-9-8-13(14(16)17)15-12-6-7-12/h10-13,15H,4-9H2,1-3H3. The van der Waals surface area contributed by atoms with Crippen molar-refractivity contribution < 1.29 is 4.79 Å². The molecule has 0 bridgehead atoms. The maximum atomic E-state index is 12.2. The van der Waals surface area contributed by atoms with Crippen LogP contribution in [0.25, 0.3) is 0 Å². The molecule has 2 rings (SSSR count). The summed E-state index contributed by atoms with van der Waals surface area (Å²) in [6.45, 7) is 7.63. The van der Waals surface area contributed by atoms with Gasteiger partial charge in [-0.2, -0.15) is 0 Å². The van der Waals surface area contributed by atoms with Crippen molar-refractivity contribution in [3.8, 4) is 0 Å². The lowest BCUT2D eigenvalue weighted by molar-refractivity contribution is -0.131. The van der Waals surface area contributed by atoms with Gasteiger partial charge in [0.2, 0.25) is 5.91 Å². The van der Waals surface area contributed by atoms with Crippen LogP contribution in [0.5, 0.6) is 0 Å². The number of rotatable bonds is 6. The number of hydrogen-bond acceptors (Lipinski definition) is 2. The maximum absolute atomic E-state index is 12.2. The molecule has 98 valence electrons. The van der Waals surface area contributed by atoms with Gasteiger partial charge in [0.1, 0.15) is 0 Å². The first-order valence-electron chi connectivity index (χ1n) is 7.14. The van der Waals surface area contributed by atoms with Crippen LogP contribution in [0.2, 0.25) is 0 Å². The number of nitrogens with zero attached hydrogens (tertiary/aromatic N) is 1. The molecular formula is C14H26N2O. The summed E-state index contributed by atoms with van der Waals surface area (Å²) in [5.74, 6) is 1.07. The van der Waals surface area contributed by atoms with Crippen LogP contribution in [0, 0.1) is 5.92 Å². The molecule has 2 atom stereocenters. The number of carbonyl (C=O) groups is 1. The van der Waals surface area contributed by atoms with E-state index >= 15 is 0 Å². The van der Waals surface area contributed by atoms with Crippen LogP contribution in [0.4, 0.5) is 0 Å². The molecule has 2 unspecified atom stereocenters. The highest BCUT2D eigenvalue weighted by Gasteiger charge is 2.37.